The third-order valence-corrected chi connectivity index (χ3v) is 4.66. The zero-order valence-electron chi connectivity index (χ0n) is 15.9. The van der Waals surface area contributed by atoms with Gasteiger partial charge in [-0.1, -0.05) is 19.9 Å². The number of amides is 1. The summed E-state index contributed by atoms with van der Waals surface area (Å²) in [6.07, 6.45) is 0. The summed E-state index contributed by atoms with van der Waals surface area (Å²) < 4.78 is 36.9. The standard InChI is InChI=1S/C20H20BF2NO5/c1-11(2)18(20(26)28-9-14-5-6-15(22)8-17(14)23)24-19(25)12-3-4-13-10-29-21(27)16(13)7-12/h3-8,11,18,27H,9-10H2,1-2H3,(H,24,25)/t18-/m0/s1. The molecule has 0 saturated heterocycles. The molecule has 9 heteroatoms. The number of esters is 1. The number of benzene rings is 2. The molecule has 3 rings (SSSR count). The van der Waals surface area contributed by atoms with Crippen LogP contribution in [0.5, 0.6) is 0 Å². The Morgan fingerprint density at radius 2 is 2.00 bits per heavy atom. The third kappa shape index (κ3) is 4.80. The second kappa shape index (κ2) is 8.71. The fourth-order valence-corrected chi connectivity index (χ4v) is 2.96. The molecule has 1 atom stereocenters. The Hall–Kier alpha value is -2.78. The highest BCUT2D eigenvalue weighted by molar-refractivity contribution is 6.61. The van der Waals surface area contributed by atoms with Gasteiger partial charge in [0.15, 0.2) is 0 Å². The van der Waals surface area contributed by atoms with Crippen molar-refractivity contribution in [3.63, 3.8) is 0 Å². The van der Waals surface area contributed by atoms with Crippen molar-refractivity contribution < 1.29 is 32.8 Å². The summed E-state index contributed by atoms with van der Waals surface area (Å²) in [5.74, 6) is -3.10. The molecule has 2 aromatic carbocycles. The first-order chi connectivity index (χ1) is 13.8. The van der Waals surface area contributed by atoms with Crippen molar-refractivity contribution in [2.24, 2.45) is 5.92 Å². The number of hydrogen-bond donors (Lipinski definition) is 2. The van der Waals surface area contributed by atoms with Crippen LogP contribution in [0.25, 0.3) is 0 Å². The Labute approximate surface area is 167 Å². The van der Waals surface area contributed by atoms with E-state index >= 15 is 0 Å². The van der Waals surface area contributed by atoms with E-state index in [2.05, 4.69) is 5.32 Å². The highest BCUT2D eigenvalue weighted by atomic mass is 19.1. The van der Waals surface area contributed by atoms with Gasteiger partial charge in [0.05, 0.1) is 6.61 Å². The van der Waals surface area contributed by atoms with Gasteiger partial charge >= 0.3 is 13.1 Å². The second-order valence-corrected chi connectivity index (χ2v) is 7.12. The zero-order chi connectivity index (χ0) is 21.1. The van der Waals surface area contributed by atoms with E-state index in [1.54, 1.807) is 26.0 Å². The topological polar surface area (TPSA) is 84.9 Å². The van der Waals surface area contributed by atoms with Crippen LogP contribution in [-0.4, -0.2) is 30.1 Å². The molecule has 0 spiro atoms. The lowest BCUT2D eigenvalue weighted by atomic mass is 9.78. The third-order valence-electron chi connectivity index (χ3n) is 4.66. The quantitative estimate of drug-likeness (QED) is 0.567. The number of ether oxygens (including phenoxy) is 1. The number of carbonyl (C=O) groups is 2. The summed E-state index contributed by atoms with van der Waals surface area (Å²) in [4.78, 5) is 25.0. The molecule has 29 heavy (non-hydrogen) atoms. The van der Waals surface area contributed by atoms with E-state index in [1.807, 2.05) is 0 Å². The molecular weight excluding hydrogens is 383 g/mol. The SMILES string of the molecule is CC(C)[C@H](NC(=O)c1ccc2c(c1)B(O)OC2)C(=O)OCc1ccc(F)cc1F. The van der Waals surface area contributed by atoms with Gasteiger partial charge in [0.1, 0.15) is 24.3 Å². The van der Waals surface area contributed by atoms with E-state index in [9.17, 15) is 23.4 Å². The van der Waals surface area contributed by atoms with Gasteiger partial charge in [0.2, 0.25) is 0 Å². The first-order valence-corrected chi connectivity index (χ1v) is 9.10. The van der Waals surface area contributed by atoms with Gasteiger partial charge in [-0.15, -0.1) is 0 Å². The van der Waals surface area contributed by atoms with E-state index in [1.165, 1.54) is 12.1 Å². The van der Waals surface area contributed by atoms with Gasteiger partial charge in [-0.05, 0) is 41.2 Å². The summed E-state index contributed by atoms with van der Waals surface area (Å²) in [7, 11) is -1.09. The van der Waals surface area contributed by atoms with E-state index in [0.717, 1.165) is 11.6 Å². The zero-order valence-corrected chi connectivity index (χ0v) is 15.9. The molecule has 2 aromatic rings. The lowest BCUT2D eigenvalue weighted by Gasteiger charge is -2.21. The maximum atomic E-state index is 13.7. The molecule has 0 aliphatic carbocycles. The molecule has 1 amide bonds. The molecule has 1 aliphatic rings. The van der Waals surface area contributed by atoms with Crippen LogP contribution in [0, 0.1) is 17.6 Å². The van der Waals surface area contributed by atoms with Gasteiger partial charge in [-0.3, -0.25) is 4.79 Å². The number of fused-ring (bicyclic) bond motifs is 1. The Morgan fingerprint density at radius 1 is 1.24 bits per heavy atom. The van der Waals surface area contributed by atoms with E-state index in [4.69, 9.17) is 9.39 Å². The van der Waals surface area contributed by atoms with Crippen molar-refractivity contribution in [3.05, 3.63) is 64.7 Å². The summed E-state index contributed by atoms with van der Waals surface area (Å²) in [6.45, 7) is 3.33. The summed E-state index contributed by atoms with van der Waals surface area (Å²) in [5.41, 5.74) is 1.58. The fraction of sp³-hybridized carbons (Fsp3) is 0.300. The Morgan fingerprint density at radius 3 is 2.69 bits per heavy atom. The van der Waals surface area contributed by atoms with Crippen molar-refractivity contribution in [2.45, 2.75) is 33.1 Å². The van der Waals surface area contributed by atoms with Gasteiger partial charge < -0.3 is 19.7 Å². The first kappa shape index (κ1) is 20.9. The smallest absolute Gasteiger partial charge is 0.459 e. The van der Waals surface area contributed by atoms with E-state index < -0.39 is 36.7 Å². The Kier molecular flexibility index (Phi) is 6.29. The van der Waals surface area contributed by atoms with Crippen molar-refractivity contribution in [3.8, 4) is 0 Å². The number of carbonyl (C=O) groups excluding carboxylic acids is 2. The lowest BCUT2D eigenvalue weighted by molar-refractivity contribution is -0.148. The van der Waals surface area contributed by atoms with Gasteiger partial charge in [-0.2, -0.15) is 0 Å². The minimum Gasteiger partial charge on any atom is -0.459 e. The maximum absolute atomic E-state index is 13.7. The van der Waals surface area contributed by atoms with Crippen LogP contribution in [0.4, 0.5) is 8.78 Å². The molecule has 0 aromatic heterocycles. The Balaban J connectivity index is 1.67. The second-order valence-electron chi connectivity index (χ2n) is 7.12. The Bertz CT molecular complexity index is 937. The van der Waals surface area contributed by atoms with E-state index in [0.29, 0.717) is 11.5 Å². The predicted molar refractivity (Wildman–Crippen MR) is 101 cm³/mol. The van der Waals surface area contributed by atoms with Gasteiger partial charge in [-0.25, -0.2) is 13.6 Å². The van der Waals surface area contributed by atoms with Crippen LogP contribution in [0.3, 0.4) is 0 Å². The van der Waals surface area contributed by atoms with E-state index in [-0.39, 0.29) is 30.3 Å². The van der Waals surface area contributed by atoms with Crippen molar-refractivity contribution in [2.75, 3.05) is 0 Å². The number of halogens is 2. The van der Waals surface area contributed by atoms with Crippen LogP contribution >= 0.6 is 0 Å². The molecule has 0 fully saturated rings. The first-order valence-electron chi connectivity index (χ1n) is 9.10. The van der Waals surface area contributed by atoms with Gasteiger partial charge in [0, 0.05) is 17.2 Å². The van der Waals surface area contributed by atoms with Crippen LogP contribution in [0.15, 0.2) is 36.4 Å². The number of rotatable bonds is 6. The average molecular weight is 403 g/mol. The highest BCUT2D eigenvalue weighted by Crippen LogP contribution is 2.14. The van der Waals surface area contributed by atoms with Crippen LogP contribution in [0.2, 0.25) is 0 Å². The summed E-state index contributed by atoms with van der Waals surface area (Å²) in [6, 6.07) is 6.77. The molecule has 0 bridgehead atoms. The van der Waals surface area contributed by atoms with Crippen molar-refractivity contribution in [1.29, 1.82) is 0 Å². The molecule has 1 heterocycles. The van der Waals surface area contributed by atoms with Crippen molar-refractivity contribution >= 4 is 24.5 Å². The fourth-order valence-electron chi connectivity index (χ4n) is 2.96. The maximum Gasteiger partial charge on any atom is 0.491 e. The largest absolute Gasteiger partial charge is 0.491 e. The van der Waals surface area contributed by atoms with Gasteiger partial charge in [0.25, 0.3) is 5.91 Å². The molecule has 1 aliphatic heterocycles. The molecule has 0 radical (unpaired) electrons. The molecule has 2 N–H and O–H groups in total. The monoisotopic (exact) mass is 403 g/mol. The molecule has 0 unspecified atom stereocenters. The van der Waals surface area contributed by atoms with Crippen LogP contribution in [-0.2, 0) is 27.4 Å². The molecule has 6 nitrogen and oxygen atoms in total. The van der Waals surface area contributed by atoms with Crippen molar-refractivity contribution in [1.82, 2.24) is 5.32 Å². The predicted octanol–water partition coefficient (Wildman–Crippen LogP) is 1.68. The molecular formula is C20H20BF2NO5. The average Bonchev–Trinajstić information content (AvgIpc) is 3.05. The minimum atomic E-state index is -1.09. The van der Waals surface area contributed by atoms with Crippen LogP contribution < -0.4 is 10.8 Å². The number of nitrogens with one attached hydrogen (secondary N) is 1. The minimum absolute atomic E-state index is 0.0289. The number of hydrogen-bond acceptors (Lipinski definition) is 5. The highest BCUT2D eigenvalue weighted by Gasteiger charge is 2.30. The lowest BCUT2D eigenvalue weighted by Crippen LogP contribution is -2.45. The summed E-state index contributed by atoms with van der Waals surface area (Å²) in [5, 5.41) is 12.4. The summed E-state index contributed by atoms with van der Waals surface area (Å²) >= 11 is 0. The van der Waals surface area contributed by atoms with Crippen LogP contribution in [0.1, 0.15) is 35.3 Å². The normalized spacial score (nSPS) is 13.9. The molecule has 0 saturated carbocycles. The molecule has 152 valence electrons.